The zero-order valence-corrected chi connectivity index (χ0v) is 10.7. The first kappa shape index (κ1) is 13.9. The van der Waals surface area contributed by atoms with Crippen molar-refractivity contribution < 1.29 is 13.6 Å². The van der Waals surface area contributed by atoms with E-state index in [0.29, 0.717) is 12.5 Å². The van der Waals surface area contributed by atoms with Crippen LogP contribution in [0.4, 0.5) is 8.78 Å². The standard InChI is InChI=1S/C14H18F2N2O/c15-10-4-5-13(16)12(7-10)14(19)18-8-9-2-1-3-11(17)6-9/h4-5,7,9,11H,1-3,6,8,17H2,(H,18,19). The van der Waals surface area contributed by atoms with Gasteiger partial charge >= 0.3 is 0 Å². The van der Waals surface area contributed by atoms with Crippen LogP contribution in [0.5, 0.6) is 0 Å². The molecule has 0 saturated heterocycles. The average Bonchev–Trinajstić information content (AvgIpc) is 2.39. The maximum absolute atomic E-state index is 13.4. The van der Waals surface area contributed by atoms with Gasteiger partial charge in [-0.25, -0.2) is 8.78 Å². The monoisotopic (exact) mass is 268 g/mol. The number of nitrogens with one attached hydrogen (secondary N) is 1. The van der Waals surface area contributed by atoms with Gasteiger partial charge in [0.15, 0.2) is 0 Å². The highest BCUT2D eigenvalue weighted by Crippen LogP contribution is 2.22. The molecule has 0 spiro atoms. The van der Waals surface area contributed by atoms with Crippen molar-refractivity contribution in [3.05, 3.63) is 35.4 Å². The fourth-order valence-electron chi connectivity index (χ4n) is 2.52. The van der Waals surface area contributed by atoms with Crippen LogP contribution >= 0.6 is 0 Å². The lowest BCUT2D eigenvalue weighted by molar-refractivity contribution is 0.0938. The van der Waals surface area contributed by atoms with E-state index in [2.05, 4.69) is 5.32 Å². The molecule has 2 unspecified atom stereocenters. The summed E-state index contributed by atoms with van der Waals surface area (Å²) in [6.45, 7) is 0.461. The average molecular weight is 268 g/mol. The van der Waals surface area contributed by atoms with Gasteiger partial charge in [0.2, 0.25) is 0 Å². The summed E-state index contributed by atoms with van der Waals surface area (Å²) in [5.74, 6) is -1.58. The van der Waals surface area contributed by atoms with Gasteiger partial charge in [0.05, 0.1) is 5.56 Å². The molecule has 2 atom stereocenters. The number of amides is 1. The van der Waals surface area contributed by atoms with E-state index in [1.54, 1.807) is 0 Å². The van der Waals surface area contributed by atoms with Gasteiger partial charge in [0.1, 0.15) is 11.6 Å². The van der Waals surface area contributed by atoms with E-state index in [0.717, 1.165) is 43.9 Å². The molecule has 0 radical (unpaired) electrons. The lowest BCUT2D eigenvalue weighted by Crippen LogP contribution is -2.35. The topological polar surface area (TPSA) is 55.1 Å². The van der Waals surface area contributed by atoms with Crippen LogP contribution in [0, 0.1) is 17.6 Å². The Kier molecular flexibility index (Phi) is 4.47. The van der Waals surface area contributed by atoms with Gasteiger partial charge < -0.3 is 11.1 Å². The van der Waals surface area contributed by atoms with Gasteiger partial charge in [0.25, 0.3) is 5.91 Å². The van der Waals surface area contributed by atoms with Gasteiger partial charge in [-0.05, 0) is 43.4 Å². The van der Waals surface area contributed by atoms with Crippen LogP contribution in [-0.4, -0.2) is 18.5 Å². The molecule has 1 aliphatic rings. The summed E-state index contributed by atoms with van der Waals surface area (Å²) in [6.07, 6.45) is 3.95. The third-order valence-electron chi connectivity index (χ3n) is 3.55. The summed E-state index contributed by atoms with van der Waals surface area (Å²) in [5.41, 5.74) is 5.61. The highest BCUT2D eigenvalue weighted by Gasteiger charge is 2.20. The minimum absolute atomic E-state index is 0.182. The Morgan fingerprint density at radius 2 is 2.16 bits per heavy atom. The summed E-state index contributed by atoms with van der Waals surface area (Å²) in [6, 6.07) is 3.05. The first-order valence-corrected chi connectivity index (χ1v) is 6.55. The van der Waals surface area contributed by atoms with Crippen molar-refractivity contribution in [2.75, 3.05) is 6.54 Å². The number of benzene rings is 1. The number of rotatable bonds is 3. The summed E-state index contributed by atoms with van der Waals surface area (Å²) >= 11 is 0. The fraction of sp³-hybridized carbons (Fsp3) is 0.500. The van der Waals surface area contributed by atoms with E-state index >= 15 is 0 Å². The minimum Gasteiger partial charge on any atom is -0.352 e. The highest BCUT2D eigenvalue weighted by molar-refractivity contribution is 5.94. The zero-order valence-electron chi connectivity index (χ0n) is 10.7. The molecular formula is C14H18F2N2O. The van der Waals surface area contributed by atoms with Gasteiger partial charge in [-0.2, -0.15) is 0 Å². The maximum Gasteiger partial charge on any atom is 0.254 e. The molecule has 19 heavy (non-hydrogen) atoms. The normalized spacial score (nSPS) is 23.1. The third kappa shape index (κ3) is 3.73. The number of hydrogen-bond donors (Lipinski definition) is 2. The Balaban J connectivity index is 1.92. The summed E-state index contributed by atoms with van der Waals surface area (Å²) in [4.78, 5) is 11.8. The second-order valence-electron chi connectivity index (χ2n) is 5.13. The second kappa shape index (κ2) is 6.10. The van der Waals surface area contributed by atoms with Crippen molar-refractivity contribution in [3.63, 3.8) is 0 Å². The SMILES string of the molecule is NC1CCCC(CNC(=O)c2cc(F)ccc2F)C1. The number of nitrogens with two attached hydrogens (primary N) is 1. The molecular weight excluding hydrogens is 250 g/mol. The van der Waals surface area contributed by atoms with Gasteiger partial charge in [-0.15, -0.1) is 0 Å². The first-order chi connectivity index (χ1) is 9.06. The molecule has 0 aliphatic heterocycles. The molecule has 1 saturated carbocycles. The first-order valence-electron chi connectivity index (χ1n) is 6.55. The van der Waals surface area contributed by atoms with E-state index in [-0.39, 0.29) is 11.6 Å². The van der Waals surface area contributed by atoms with E-state index in [9.17, 15) is 13.6 Å². The van der Waals surface area contributed by atoms with Gasteiger partial charge in [0, 0.05) is 12.6 Å². The molecule has 2 rings (SSSR count). The predicted octanol–water partition coefficient (Wildman–Crippen LogP) is 2.21. The Morgan fingerprint density at radius 1 is 1.37 bits per heavy atom. The van der Waals surface area contributed by atoms with Crippen molar-refractivity contribution in [2.45, 2.75) is 31.7 Å². The molecule has 1 aliphatic carbocycles. The highest BCUT2D eigenvalue weighted by atomic mass is 19.1. The maximum atomic E-state index is 13.4. The second-order valence-corrected chi connectivity index (χ2v) is 5.13. The van der Waals surface area contributed by atoms with Gasteiger partial charge in [-0.3, -0.25) is 4.79 Å². The number of carbonyl (C=O) groups is 1. The van der Waals surface area contributed by atoms with Crippen LogP contribution in [0.25, 0.3) is 0 Å². The van der Waals surface area contributed by atoms with Crippen molar-refractivity contribution in [2.24, 2.45) is 11.7 Å². The number of hydrogen-bond acceptors (Lipinski definition) is 2. The third-order valence-corrected chi connectivity index (χ3v) is 3.55. The molecule has 1 aromatic rings. The van der Waals surface area contributed by atoms with E-state index in [4.69, 9.17) is 5.73 Å². The van der Waals surface area contributed by atoms with Crippen LogP contribution in [0.2, 0.25) is 0 Å². The molecule has 0 aromatic heterocycles. The van der Waals surface area contributed by atoms with Crippen LogP contribution in [-0.2, 0) is 0 Å². The lowest BCUT2D eigenvalue weighted by Gasteiger charge is -2.26. The molecule has 5 heteroatoms. The van der Waals surface area contributed by atoms with Crippen LogP contribution in [0.1, 0.15) is 36.0 Å². The van der Waals surface area contributed by atoms with E-state index in [1.165, 1.54) is 0 Å². The smallest absolute Gasteiger partial charge is 0.254 e. The van der Waals surface area contributed by atoms with Crippen LogP contribution in [0.15, 0.2) is 18.2 Å². The Morgan fingerprint density at radius 3 is 2.89 bits per heavy atom. The largest absolute Gasteiger partial charge is 0.352 e. The molecule has 1 fully saturated rings. The Labute approximate surface area is 111 Å². The molecule has 0 bridgehead atoms. The Hall–Kier alpha value is -1.49. The molecule has 1 aromatic carbocycles. The summed E-state index contributed by atoms with van der Waals surface area (Å²) < 4.78 is 26.4. The van der Waals surface area contributed by atoms with Crippen LogP contribution in [0.3, 0.4) is 0 Å². The predicted molar refractivity (Wildman–Crippen MR) is 68.6 cm³/mol. The fourth-order valence-corrected chi connectivity index (χ4v) is 2.52. The Bertz CT molecular complexity index is 465. The molecule has 3 N–H and O–H groups in total. The number of carbonyl (C=O) groups excluding carboxylic acids is 1. The molecule has 3 nitrogen and oxygen atoms in total. The molecule has 0 heterocycles. The van der Waals surface area contributed by atoms with Crippen molar-refractivity contribution >= 4 is 5.91 Å². The lowest BCUT2D eigenvalue weighted by atomic mass is 9.86. The summed E-state index contributed by atoms with van der Waals surface area (Å²) in [7, 11) is 0. The van der Waals surface area contributed by atoms with Crippen LogP contribution < -0.4 is 11.1 Å². The summed E-state index contributed by atoms with van der Waals surface area (Å²) in [5, 5.41) is 2.66. The van der Waals surface area contributed by atoms with Crippen molar-refractivity contribution in [1.29, 1.82) is 0 Å². The van der Waals surface area contributed by atoms with Crippen molar-refractivity contribution in [1.82, 2.24) is 5.32 Å². The minimum atomic E-state index is -0.709. The van der Waals surface area contributed by atoms with E-state index < -0.39 is 17.5 Å². The quantitative estimate of drug-likeness (QED) is 0.883. The van der Waals surface area contributed by atoms with E-state index in [1.807, 2.05) is 0 Å². The molecule has 104 valence electrons. The van der Waals surface area contributed by atoms with Crippen molar-refractivity contribution in [3.8, 4) is 0 Å². The number of halogens is 2. The zero-order chi connectivity index (χ0) is 13.8. The van der Waals surface area contributed by atoms with Gasteiger partial charge in [-0.1, -0.05) is 6.42 Å². The molecule has 1 amide bonds.